The first-order chi connectivity index (χ1) is 11.1. The largest absolute Gasteiger partial charge is 0.491 e. The summed E-state index contributed by atoms with van der Waals surface area (Å²) in [7, 11) is 0. The van der Waals surface area contributed by atoms with Crippen LogP contribution in [0.4, 0.5) is 0 Å². The number of amides is 1. The van der Waals surface area contributed by atoms with Gasteiger partial charge in [0.1, 0.15) is 5.75 Å². The Kier molecular flexibility index (Phi) is 6.36. The number of nitrogens with one attached hydrogen (secondary N) is 1. The van der Waals surface area contributed by atoms with E-state index in [0.29, 0.717) is 12.8 Å². The Bertz CT molecular complexity index is 634. The highest BCUT2D eigenvalue weighted by Crippen LogP contribution is 2.12. The van der Waals surface area contributed by atoms with Crippen LogP contribution in [-0.2, 0) is 11.2 Å². The number of carbonyl (C=O) groups excluding carboxylic acids is 1. The number of hydrogen-bond acceptors (Lipinski definition) is 3. The molecule has 4 heteroatoms. The predicted octanol–water partition coefficient (Wildman–Crippen LogP) is 3.56. The molecular formula is C19H22N2O2. The summed E-state index contributed by atoms with van der Waals surface area (Å²) in [4.78, 5) is 11.7. The first-order valence-electron chi connectivity index (χ1n) is 7.76. The molecule has 4 nitrogen and oxygen atoms in total. The van der Waals surface area contributed by atoms with Crippen molar-refractivity contribution in [3.63, 3.8) is 0 Å². The third kappa shape index (κ3) is 6.34. The van der Waals surface area contributed by atoms with Gasteiger partial charge in [0.2, 0.25) is 5.91 Å². The summed E-state index contributed by atoms with van der Waals surface area (Å²) in [6.07, 6.45) is 2.91. The molecule has 1 N–H and O–H groups in total. The number of hydrogen-bond donors (Lipinski definition) is 1. The Hall–Kier alpha value is -2.62. The van der Waals surface area contributed by atoms with Gasteiger partial charge in [0.05, 0.1) is 12.3 Å². The zero-order valence-corrected chi connectivity index (χ0v) is 13.5. The van der Waals surface area contributed by atoms with Gasteiger partial charge in [0.25, 0.3) is 0 Å². The highest BCUT2D eigenvalue weighted by atomic mass is 16.5. The van der Waals surface area contributed by atoms with E-state index in [1.54, 1.807) is 6.21 Å². The average molecular weight is 310 g/mol. The van der Waals surface area contributed by atoms with Gasteiger partial charge in [-0.2, -0.15) is 5.10 Å². The summed E-state index contributed by atoms with van der Waals surface area (Å²) < 4.78 is 5.57. The molecule has 0 aliphatic rings. The van der Waals surface area contributed by atoms with E-state index >= 15 is 0 Å². The maximum atomic E-state index is 11.7. The zero-order chi connectivity index (χ0) is 16.5. The molecule has 23 heavy (non-hydrogen) atoms. The Balaban J connectivity index is 1.76. The van der Waals surface area contributed by atoms with Crippen molar-refractivity contribution in [2.75, 3.05) is 0 Å². The van der Waals surface area contributed by atoms with Gasteiger partial charge in [-0.1, -0.05) is 30.3 Å². The fraction of sp³-hybridized carbons (Fsp3) is 0.263. The number of aryl methyl sites for hydroxylation is 1. The second-order valence-electron chi connectivity index (χ2n) is 5.51. The van der Waals surface area contributed by atoms with E-state index < -0.39 is 0 Å². The first-order valence-corrected chi connectivity index (χ1v) is 7.76. The number of hydrazone groups is 1. The topological polar surface area (TPSA) is 50.7 Å². The van der Waals surface area contributed by atoms with E-state index in [0.717, 1.165) is 16.9 Å². The van der Waals surface area contributed by atoms with Crippen molar-refractivity contribution in [3.8, 4) is 5.75 Å². The van der Waals surface area contributed by atoms with Gasteiger partial charge in [-0.15, -0.1) is 0 Å². The van der Waals surface area contributed by atoms with Crippen molar-refractivity contribution in [1.29, 1.82) is 0 Å². The normalized spacial score (nSPS) is 10.9. The molecule has 0 atom stereocenters. The van der Waals surface area contributed by atoms with Gasteiger partial charge in [-0.05, 0) is 55.7 Å². The Morgan fingerprint density at radius 1 is 1.13 bits per heavy atom. The monoisotopic (exact) mass is 310 g/mol. The van der Waals surface area contributed by atoms with Gasteiger partial charge in [-0.25, -0.2) is 5.43 Å². The van der Waals surface area contributed by atoms with Crippen LogP contribution in [-0.4, -0.2) is 18.2 Å². The van der Waals surface area contributed by atoms with Gasteiger partial charge in [0, 0.05) is 6.42 Å². The van der Waals surface area contributed by atoms with Gasteiger partial charge >= 0.3 is 0 Å². The molecule has 120 valence electrons. The second-order valence-corrected chi connectivity index (χ2v) is 5.51. The highest BCUT2D eigenvalue weighted by molar-refractivity contribution is 5.82. The van der Waals surface area contributed by atoms with Crippen LogP contribution >= 0.6 is 0 Å². The van der Waals surface area contributed by atoms with Gasteiger partial charge in [0.15, 0.2) is 0 Å². The zero-order valence-electron chi connectivity index (χ0n) is 13.5. The first kappa shape index (κ1) is 16.7. The van der Waals surface area contributed by atoms with Gasteiger partial charge in [-0.3, -0.25) is 4.79 Å². The third-order valence-electron chi connectivity index (χ3n) is 3.14. The molecule has 0 fully saturated rings. The van der Waals surface area contributed by atoms with Crippen molar-refractivity contribution in [2.45, 2.75) is 32.8 Å². The fourth-order valence-corrected chi connectivity index (χ4v) is 2.04. The van der Waals surface area contributed by atoms with Crippen LogP contribution in [0.15, 0.2) is 59.7 Å². The van der Waals surface area contributed by atoms with Crippen molar-refractivity contribution < 1.29 is 9.53 Å². The molecule has 0 aromatic heterocycles. The van der Waals surface area contributed by atoms with Crippen LogP contribution in [0.1, 0.15) is 31.4 Å². The molecule has 2 aromatic carbocycles. The number of rotatable bonds is 7. The van der Waals surface area contributed by atoms with Gasteiger partial charge < -0.3 is 4.74 Å². The van der Waals surface area contributed by atoms with E-state index in [9.17, 15) is 4.79 Å². The molecule has 1 amide bonds. The Labute approximate surface area is 137 Å². The maximum Gasteiger partial charge on any atom is 0.240 e. The van der Waals surface area contributed by atoms with Crippen LogP contribution in [0.25, 0.3) is 0 Å². The minimum Gasteiger partial charge on any atom is -0.491 e. The molecule has 0 heterocycles. The Morgan fingerprint density at radius 3 is 2.48 bits per heavy atom. The summed E-state index contributed by atoms with van der Waals surface area (Å²) in [6.45, 7) is 3.97. The van der Waals surface area contributed by atoms with Crippen LogP contribution in [0.3, 0.4) is 0 Å². The summed E-state index contributed by atoms with van der Waals surface area (Å²) in [5.74, 6) is 0.730. The number of benzene rings is 2. The molecule has 0 saturated carbocycles. The standard InChI is InChI=1S/C19H22N2O2/c1-15(2)23-18-11-8-17(9-12-18)14-20-21-19(22)13-10-16-6-4-3-5-7-16/h3-9,11-12,14-15H,10,13H2,1-2H3,(H,21,22)/b20-14-. The maximum absolute atomic E-state index is 11.7. The molecule has 0 radical (unpaired) electrons. The van der Waals surface area contributed by atoms with Crippen molar-refractivity contribution >= 4 is 12.1 Å². The van der Waals surface area contributed by atoms with Crippen LogP contribution in [0, 0.1) is 0 Å². The van der Waals surface area contributed by atoms with E-state index in [1.165, 1.54) is 0 Å². The second kappa shape index (κ2) is 8.73. The molecule has 0 spiro atoms. The van der Waals surface area contributed by atoms with Crippen molar-refractivity contribution in [1.82, 2.24) is 5.43 Å². The summed E-state index contributed by atoms with van der Waals surface area (Å²) in [6, 6.07) is 17.5. The minimum absolute atomic E-state index is 0.0927. The number of carbonyl (C=O) groups is 1. The fourth-order valence-electron chi connectivity index (χ4n) is 2.04. The smallest absolute Gasteiger partial charge is 0.240 e. The summed E-state index contributed by atoms with van der Waals surface area (Å²) in [5.41, 5.74) is 4.60. The lowest BCUT2D eigenvalue weighted by Crippen LogP contribution is -2.17. The van der Waals surface area contributed by atoms with E-state index in [4.69, 9.17) is 4.74 Å². The molecule has 0 saturated heterocycles. The van der Waals surface area contributed by atoms with E-state index in [2.05, 4.69) is 10.5 Å². The molecule has 0 bridgehead atoms. The SMILES string of the molecule is CC(C)Oc1ccc(/C=N\NC(=O)CCc2ccccc2)cc1. The molecular weight excluding hydrogens is 288 g/mol. The number of ether oxygens (including phenoxy) is 1. The predicted molar refractivity (Wildman–Crippen MR) is 92.7 cm³/mol. The molecule has 0 aliphatic carbocycles. The lowest BCUT2D eigenvalue weighted by molar-refractivity contribution is -0.121. The van der Waals surface area contributed by atoms with Crippen molar-refractivity contribution in [3.05, 3.63) is 65.7 Å². The van der Waals surface area contributed by atoms with Crippen LogP contribution < -0.4 is 10.2 Å². The number of nitrogens with zero attached hydrogens (tertiary/aromatic N) is 1. The highest BCUT2D eigenvalue weighted by Gasteiger charge is 2.00. The van der Waals surface area contributed by atoms with E-state index in [1.807, 2.05) is 68.4 Å². The van der Waals surface area contributed by atoms with Crippen LogP contribution in [0.2, 0.25) is 0 Å². The molecule has 2 rings (SSSR count). The third-order valence-corrected chi connectivity index (χ3v) is 3.14. The average Bonchev–Trinajstić information content (AvgIpc) is 2.55. The van der Waals surface area contributed by atoms with Crippen LogP contribution in [0.5, 0.6) is 5.75 Å². The minimum atomic E-state index is -0.0927. The lowest BCUT2D eigenvalue weighted by Gasteiger charge is -2.09. The molecule has 2 aromatic rings. The summed E-state index contributed by atoms with van der Waals surface area (Å²) in [5, 5.41) is 3.98. The molecule has 0 aliphatic heterocycles. The Morgan fingerprint density at radius 2 is 1.83 bits per heavy atom. The van der Waals surface area contributed by atoms with E-state index in [-0.39, 0.29) is 12.0 Å². The quantitative estimate of drug-likeness (QED) is 0.628. The van der Waals surface area contributed by atoms with Crippen molar-refractivity contribution in [2.24, 2.45) is 5.10 Å². The lowest BCUT2D eigenvalue weighted by atomic mass is 10.1. The molecule has 0 unspecified atom stereocenters. The summed E-state index contributed by atoms with van der Waals surface area (Å²) >= 11 is 0.